The van der Waals surface area contributed by atoms with Crippen LogP contribution in [0.2, 0.25) is 0 Å². The number of nitrogens with zero attached hydrogens (tertiary/aromatic N) is 1. The van der Waals surface area contributed by atoms with Gasteiger partial charge in [-0.3, -0.25) is 13.9 Å². The van der Waals surface area contributed by atoms with Crippen molar-refractivity contribution in [3.8, 4) is 0 Å². The van der Waals surface area contributed by atoms with E-state index >= 15 is 0 Å². The van der Waals surface area contributed by atoms with Crippen LogP contribution in [0.3, 0.4) is 0 Å². The molecule has 0 fully saturated rings. The van der Waals surface area contributed by atoms with Gasteiger partial charge in [0.15, 0.2) is 0 Å². The van der Waals surface area contributed by atoms with Crippen LogP contribution in [0.25, 0.3) is 0 Å². The zero-order valence-corrected chi connectivity index (χ0v) is 8.78. The molecule has 0 aromatic rings. The van der Waals surface area contributed by atoms with Gasteiger partial charge < -0.3 is 5.73 Å². The second kappa shape index (κ2) is 7.03. The van der Waals surface area contributed by atoms with Crippen LogP contribution in [-0.2, 0) is 18.5 Å². The number of nitrogens with two attached hydrogens (primary N) is 1. The van der Waals surface area contributed by atoms with E-state index in [1.165, 1.54) is 5.06 Å². The first-order valence-electron chi connectivity index (χ1n) is 3.98. The van der Waals surface area contributed by atoms with Gasteiger partial charge in [0.2, 0.25) is 5.91 Å². The maximum atomic E-state index is 11.0. The maximum Gasteiger partial charge on any atom is 0.336 e. The topological polar surface area (TPSA) is 81.9 Å². The van der Waals surface area contributed by atoms with Crippen molar-refractivity contribution in [1.82, 2.24) is 5.06 Å². The third-order valence-electron chi connectivity index (χ3n) is 1.24. The van der Waals surface area contributed by atoms with Crippen LogP contribution in [0.5, 0.6) is 0 Å². The van der Waals surface area contributed by atoms with Crippen molar-refractivity contribution < 1.29 is 18.5 Å². The number of carbonyl (C=O) groups excluding carboxylic acids is 1. The summed E-state index contributed by atoms with van der Waals surface area (Å²) in [4.78, 5) is 10.2. The summed E-state index contributed by atoms with van der Waals surface area (Å²) in [5.41, 5.74) is 4.78. The van der Waals surface area contributed by atoms with E-state index in [0.29, 0.717) is 13.1 Å². The van der Waals surface area contributed by atoms with Crippen LogP contribution in [0.15, 0.2) is 0 Å². The minimum atomic E-state index is -2.63. The molecule has 0 heterocycles. The maximum absolute atomic E-state index is 11.0. The molecule has 0 aliphatic carbocycles. The largest absolute Gasteiger partial charge is 0.368 e. The van der Waals surface area contributed by atoms with Gasteiger partial charge in [-0.2, -0.15) is 5.06 Å². The molecule has 0 bridgehead atoms. The van der Waals surface area contributed by atoms with E-state index in [2.05, 4.69) is 4.52 Å². The standard InChI is InChI=1S/C6H15N2O4P/c1-3-8(4-2)12-13(10)11-5-6(7)9/h13H,3-5H2,1-2H3,(H2,7,9). The van der Waals surface area contributed by atoms with Crippen molar-refractivity contribution in [3.63, 3.8) is 0 Å². The van der Waals surface area contributed by atoms with Crippen molar-refractivity contribution in [1.29, 1.82) is 0 Å². The molecule has 0 aromatic carbocycles. The van der Waals surface area contributed by atoms with E-state index in [4.69, 9.17) is 10.4 Å². The predicted molar refractivity (Wildman–Crippen MR) is 48.2 cm³/mol. The molecule has 0 rings (SSSR count). The minimum absolute atomic E-state index is 0.376. The molecular formula is C6H15N2O4P. The zero-order valence-electron chi connectivity index (χ0n) is 7.78. The fourth-order valence-electron chi connectivity index (χ4n) is 0.615. The lowest BCUT2D eigenvalue weighted by Crippen LogP contribution is -2.21. The van der Waals surface area contributed by atoms with Crippen LogP contribution in [0.1, 0.15) is 13.8 Å². The molecule has 13 heavy (non-hydrogen) atoms. The Bertz CT molecular complexity index is 183. The Balaban J connectivity index is 3.66. The first kappa shape index (κ1) is 12.6. The minimum Gasteiger partial charge on any atom is -0.368 e. The molecule has 0 radical (unpaired) electrons. The highest BCUT2D eigenvalue weighted by molar-refractivity contribution is 7.33. The zero-order chi connectivity index (χ0) is 10.3. The average molecular weight is 210 g/mol. The Morgan fingerprint density at radius 3 is 2.38 bits per heavy atom. The van der Waals surface area contributed by atoms with Gasteiger partial charge in [0.05, 0.1) is 0 Å². The van der Waals surface area contributed by atoms with E-state index in [9.17, 15) is 9.36 Å². The third kappa shape index (κ3) is 6.72. The van der Waals surface area contributed by atoms with Crippen LogP contribution in [0.4, 0.5) is 0 Å². The van der Waals surface area contributed by atoms with Gasteiger partial charge in [-0.1, -0.05) is 13.8 Å². The number of hydrogen-bond acceptors (Lipinski definition) is 5. The molecule has 1 amide bonds. The van der Waals surface area contributed by atoms with Gasteiger partial charge in [0.25, 0.3) is 0 Å². The Labute approximate surface area is 77.9 Å². The van der Waals surface area contributed by atoms with Gasteiger partial charge in [-0.05, 0) is 0 Å². The van der Waals surface area contributed by atoms with E-state index in [-0.39, 0.29) is 6.61 Å². The molecule has 7 heteroatoms. The Kier molecular flexibility index (Phi) is 6.80. The van der Waals surface area contributed by atoms with E-state index in [1.54, 1.807) is 0 Å². The number of hydroxylamine groups is 2. The molecule has 0 saturated carbocycles. The van der Waals surface area contributed by atoms with Crippen molar-refractivity contribution in [2.24, 2.45) is 5.73 Å². The van der Waals surface area contributed by atoms with Gasteiger partial charge >= 0.3 is 8.25 Å². The summed E-state index contributed by atoms with van der Waals surface area (Å²) >= 11 is 0. The molecule has 1 atom stereocenters. The lowest BCUT2D eigenvalue weighted by atomic mass is 10.6. The summed E-state index contributed by atoms with van der Waals surface area (Å²) < 4.78 is 20.4. The molecular weight excluding hydrogens is 195 g/mol. The van der Waals surface area contributed by atoms with Crippen molar-refractivity contribution in [2.45, 2.75) is 13.8 Å². The van der Waals surface area contributed by atoms with Crippen LogP contribution < -0.4 is 5.73 Å². The lowest BCUT2D eigenvalue weighted by Gasteiger charge is -2.16. The number of rotatable bonds is 7. The molecule has 0 saturated heterocycles. The summed E-state index contributed by atoms with van der Waals surface area (Å²) in [5, 5.41) is 1.47. The van der Waals surface area contributed by atoms with Crippen LogP contribution in [-0.4, -0.2) is 30.7 Å². The predicted octanol–water partition coefficient (Wildman–Crippen LogP) is 0.151. The van der Waals surface area contributed by atoms with Gasteiger partial charge in [0, 0.05) is 13.1 Å². The van der Waals surface area contributed by atoms with Crippen LogP contribution in [0, 0.1) is 0 Å². The summed E-state index contributed by atoms with van der Waals surface area (Å²) in [6.45, 7) is 4.54. The first-order chi connectivity index (χ1) is 6.10. The van der Waals surface area contributed by atoms with E-state index in [1.807, 2.05) is 13.8 Å². The normalized spacial score (nSPS) is 13.2. The van der Waals surface area contributed by atoms with Crippen molar-refractivity contribution >= 4 is 14.2 Å². The molecule has 0 aliphatic heterocycles. The van der Waals surface area contributed by atoms with E-state index < -0.39 is 14.2 Å². The quantitative estimate of drug-likeness (QED) is 0.477. The number of hydrogen-bond donors (Lipinski definition) is 1. The second-order valence-electron chi connectivity index (χ2n) is 2.21. The molecule has 78 valence electrons. The van der Waals surface area contributed by atoms with Crippen molar-refractivity contribution in [2.75, 3.05) is 19.7 Å². The van der Waals surface area contributed by atoms with Gasteiger partial charge in [-0.15, -0.1) is 0 Å². The molecule has 0 spiro atoms. The summed E-state index contributed by atoms with van der Waals surface area (Å²) in [5.74, 6) is -0.665. The molecule has 2 N–H and O–H groups in total. The fourth-order valence-corrected chi connectivity index (χ4v) is 1.40. The highest BCUT2D eigenvalue weighted by atomic mass is 31.1. The summed E-state index contributed by atoms with van der Waals surface area (Å²) in [6, 6.07) is 0. The number of amides is 1. The highest BCUT2D eigenvalue weighted by Gasteiger charge is 2.07. The monoisotopic (exact) mass is 210 g/mol. The van der Waals surface area contributed by atoms with Crippen LogP contribution >= 0.6 is 8.25 Å². The first-order valence-corrected chi connectivity index (χ1v) is 5.20. The number of carbonyl (C=O) groups is 1. The highest BCUT2D eigenvalue weighted by Crippen LogP contribution is 2.24. The molecule has 0 aliphatic rings. The SMILES string of the molecule is CCN(CC)O[PH](=O)OCC(N)=O. The lowest BCUT2D eigenvalue weighted by molar-refractivity contribution is -0.120. The molecule has 1 unspecified atom stereocenters. The van der Waals surface area contributed by atoms with Gasteiger partial charge in [-0.25, -0.2) is 4.62 Å². The Morgan fingerprint density at radius 1 is 1.46 bits per heavy atom. The Hall–Kier alpha value is -0.420. The van der Waals surface area contributed by atoms with Crippen molar-refractivity contribution in [3.05, 3.63) is 0 Å². The summed E-state index contributed by atoms with van der Waals surface area (Å²) in [6.07, 6.45) is 0. The third-order valence-corrected chi connectivity index (χ3v) is 2.03. The number of primary amides is 1. The average Bonchev–Trinajstić information content (AvgIpc) is 2.10. The smallest absolute Gasteiger partial charge is 0.336 e. The van der Waals surface area contributed by atoms with Gasteiger partial charge in [0.1, 0.15) is 6.61 Å². The second-order valence-corrected chi connectivity index (χ2v) is 3.18. The summed E-state index contributed by atoms with van der Waals surface area (Å²) in [7, 11) is -2.63. The molecule has 6 nitrogen and oxygen atoms in total. The van der Waals surface area contributed by atoms with E-state index in [0.717, 1.165) is 0 Å². The Morgan fingerprint density at radius 2 is 2.00 bits per heavy atom. The molecule has 0 aromatic heterocycles. The fraction of sp³-hybridized carbons (Fsp3) is 0.833.